The van der Waals surface area contributed by atoms with Crippen LogP contribution >= 0.6 is 0 Å². The van der Waals surface area contributed by atoms with Gasteiger partial charge in [-0.1, -0.05) is 25.3 Å². The fourth-order valence-electron chi connectivity index (χ4n) is 2.66. The highest BCUT2D eigenvalue weighted by molar-refractivity contribution is 5.93. The summed E-state index contributed by atoms with van der Waals surface area (Å²) in [6.45, 7) is 9.88. The van der Waals surface area contributed by atoms with Crippen LogP contribution in [0.1, 0.15) is 22.8 Å². The average Bonchev–Trinajstić information content (AvgIpc) is 2.82. The van der Waals surface area contributed by atoms with E-state index >= 15 is 0 Å². The van der Waals surface area contributed by atoms with E-state index in [1.807, 2.05) is 6.92 Å². The number of amides is 3. The molecule has 0 saturated heterocycles. The van der Waals surface area contributed by atoms with Crippen molar-refractivity contribution < 1.29 is 19.5 Å². The predicted octanol–water partition coefficient (Wildman–Crippen LogP) is 2.70. The van der Waals surface area contributed by atoms with Gasteiger partial charge in [-0.15, -0.1) is 0 Å². The summed E-state index contributed by atoms with van der Waals surface area (Å²) in [5.41, 5.74) is 3.29. The lowest BCUT2D eigenvalue weighted by Gasteiger charge is -2.31. The Bertz CT molecular complexity index is 757. The van der Waals surface area contributed by atoms with Crippen LogP contribution in [0.25, 0.3) is 0 Å². The molecule has 26 heavy (non-hydrogen) atoms. The molecule has 1 aliphatic heterocycles. The van der Waals surface area contributed by atoms with Crippen LogP contribution in [-0.2, 0) is 6.54 Å². The van der Waals surface area contributed by atoms with E-state index in [4.69, 9.17) is 9.94 Å². The molecule has 138 valence electrons. The van der Waals surface area contributed by atoms with E-state index < -0.39 is 5.91 Å². The number of urea groups is 1. The molecule has 0 aliphatic carbocycles. The lowest BCUT2D eigenvalue weighted by molar-refractivity contribution is 0.0706. The molecular weight excluding hydrogens is 334 g/mol. The number of likely N-dealkylation sites (N-methyl/N-ethyl adjacent to an activating group) is 1. The van der Waals surface area contributed by atoms with E-state index in [-0.39, 0.29) is 24.2 Å². The molecule has 0 fully saturated rings. The van der Waals surface area contributed by atoms with Crippen LogP contribution in [0, 0.1) is 0 Å². The van der Waals surface area contributed by atoms with Crippen molar-refractivity contribution in [1.29, 1.82) is 0 Å². The van der Waals surface area contributed by atoms with Gasteiger partial charge in [-0.25, -0.2) is 10.3 Å². The lowest BCUT2D eigenvalue weighted by Crippen LogP contribution is -2.45. The molecule has 0 bridgehead atoms. The number of hydrogen-bond acceptors (Lipinski definition) is 4. The van der Waals surface area contributed by atoms with Crippen molar-refractivity contribution in [2.45, 2.75) is 19.5 Å². The fourth-order valence-corrected chi connectivity index (χ4v) is 2.66. The molecule has 3 amide bonds. The van der Waals surface area contributed by atoms with Gasteiger partial charge < -0.3 is 9.64 Å². The van der Waals surface area contributed by atoms with E-state index in [0.29, 0.717) is 18.0 Å². The predicted molar refractivity (Wildman–Crippen MR) is 97.8 cm³/mol. The molecule has 1 atom stereocenters. The second kappa shape index (κ2) is 8.35. The Morgan fingerprint density at radius 2 is 2.15 bits per heavy atom. The Balaban J connectivity index is 2.30. The molecule has 1 aromatic rings. The second-order valence-electron chi connectivity index (χ2n) is 5.92. The van der Waals surface area contributed by atoms with Crippen LogP contribution in [-0.4, -0.2) is 46.6 Å². The van der Waals surface area contributed by atoms with Crippen molar-refractivity contribution in [2.24, 2.45) is 0 Å². The highest BCUT2D eigenvalue weighted by atomic mass is 16.5. The van der Waals surface area contributed by atoms with Gasteiger partial charge in [0.2, 0.25) is 0 Å². The number of nitrogens with one attached hydrogen (secondary N) is 1. The normalized spacial score (nSPS) is 16.7. The zero-order valence-corrected chi connectivity index (χ0v) is 14.9. The number of ether oxygens (including phenoxy) is 1. The number of hydrogen-bond donors (Lipinski definition) is 2. The Morgan fingerprint density at radius 1 is 1.42 bits per heavy atom. The largest absolute Gasteiger partial charge is 0.491 e. The van der Waals surface area contributed by atoms with Crippen LogP contribution in [0.3, 0.4) is 0 Å². The molecule has 1 aliphatic rings. The molecule has 0 unspecified atom stereocenters. The molecule has 0 spiro atoms. The first kappa shape index (κ1) is 19.3. The standard InChI is InChI=1S/C19H23N3O4/c1-5-7-16(6-2)21(4)19(24)22-11-15-9-8-14(18(23)20-25)10-17(15)26-12-13(22)3/h5-10,13,25H,1-2,11-12H2,3-4H3,(H,20,23)/b16-7+/t13-/m0/s1. The van der Waals surface area contributed by atoms with Crippen LogP contribution in [0.2, 0.25) is 0 Å². The smallest absolute Gasteiger partial charge is 0.324 e. The summed E-state index contributed by atoms with van der Waals surface area (Å²) in [5.74, 6) is -0.104. The van der Waals surface area contributed by atoms with Gasteiger partial charge in [-0.05, 0) is 31.2 Å². The first-order valence-electron chi connectivity index (χ1n) is 8.12. The van der Waals surface area contributed by atoms with Gasteiger partial charge in [-0.2, -0.15) is 0 Å². The van der Waals surface area contributed by atoms with Crippen LogP contribution in [0.5, 0.6) is 5.75 Å². The Hall–Kier alpha value is -3.06. The molecule has 2 N–H and O–H groups in total. The summed E-state index contributed by atoms with van der Waals surface area (Å²) < 4.78 is 5.77. The second-order valence-corrected chi connectivity index (χ2v) is 5.92. The molecule has 0 aromatic heterocycles. The van der Waals surface area contributed by atoms with Crippen molar-refractivity contribution in [3.05, 3.63) is 66.4 Å². The van der Waals surface area contributed by atoms with Gasteiger partial charge in [0.1, 0.15) is 12.4 Å². The first-order valence-corrected chi connectivity index (χ1v) is 8.12. The van der Waals surface area contributed by atoms with Gasteiger partial charge in [0.15, 0.2) is 0 Å². The SMILES string of the molecule is C=C/C=C(\C=C)N(C)C(=O)N1Cc2ccc(C(=O)NO)cc2OC[C@@H]1C. The van der Waals surface area contributed by atoms with Gasteiger partial charge in [0, 0.05) is 23.9 Å². The highest BCUT2D eigenvalue weighted by Crippen LogP contribution is 2.27. The Labute approximate surface area is 152 Å². The van der Waals surface area contributed by atoms with E-state index in [0.717, 1.165) is 5.56 Å². The van der Waals surface area contributed by atoms with Crippen molar-refractivity contribution in [3.8, 4) is 5.75 Å². The Morgan fingerprint density at radius 3 is 2.77 bits per heavy atom. The summed E-state index contributed by atoms with van der Waals surface area (Å²) in [6.07, 6.45) is 4.89. The summed E-state index contributed by atoms with van der Waals surface area (Å²) in [6, 6.07) is 4.47. The van der Waals surface area contributed by atoms with Gasteiger partial charge in [0.25, 0.3) is 5.91 Å². The van der Waals surface area contributed by atoms with Gasteiger partial charge >= 0.3 is 6.03 Å². The zero-order valence-electron chi connectivity index (χ0n) is 14.9. The maximum absolute atomic E-state index is 12.9. The number of hydroxylamine groups is 1. The van der Waals surface area contributed by atoms with E-state index in [1.165, 1.54) is 4.90 Å². The minimum absolute atomic E-state index is 0.178. The third-order valence-corrected chi connectivity index (χ3v) is 4.20. The number of fused-ring (bicyclic) bond motifs is 1. The summed E-state index contributed by atoms with van der Waals surface area (Å²) >= 11 is 0. The molecule has 1 aromatic carbocycles. The summed E-state index contributed by atoms with van der Waals surface area (Å²) in [4.78, 5) is 27.7. The average molecular weight is 357 g/mol. The zero-order chi connectivity index (χ0) is 19.3. The van der Waals surface area contributed by atoms with Crippen LogP contribution in [0.4, 0.5) is 4.79 Å². The quantitative estimate of drug-likeness (QED) is 0.493. The third kappa shape index (κ3) is 3.94. The number of benzene rings is 1. The summed E-state index contributed by atoms with van der Waals surface area (Å²) in [5, 5.41) is 8.77. The molecule has 7 nitrogen and oxygen atoms in total. The van der Waals surface area contributed by atoms with E-state index in [9.17, 15) is 9.59 Å². The molecule has 0 radical (unpaired) electrons. The fraction of sp³-hybridized carbons (Fsp3) is 0.263. The van der Waals surface area contributed by atoms with Crippen molar-refractivity contribution in [3.63, 3.8) is 0 Å². The van der Waals surface area contributed by atoms with Crippen LogP contribution in [0.15, 0.2) is 55.3 Å². The first-order chi connectivity index (χ1) is 12.4. The maximum atomic E-state index is 12.9. The third-order valence-electron chi connectivity index (χ3n) is 4.20. The summed E-state index contributed by atoms with van der Waals surface area (Å²) in [7, 11) is 1.67. The number of nitrogens with zero attached hydrogens (tertiary/aromatic N) is 2. The molecular formula is C19H23N3O4. The van der Waals surface area contributed by atoms with Gasteiger partial charge in [0.05, 0.1) is 12.6 Å². The number of carbonyl (C=O) groups excluding carboxylic acids is 2. The van der Waals surface area contributed by atoms with Crippen LogP contribution < -0.4 is 10.2 Å². The minimum atomic E-state index is -0.619. The number of allylic oxidation sites excluding steroid dienone is 3. The topological polar surface area (TPSA) is 82.1 Å². The molecule has 7 heteroatoms. The van der Waals surface area contributed by atoms with Crippen molar-refractivity contribution >= 4 is 11.9 Å². The monoisotopic (exact) mass is 357 g/mol. The number of carbonyl (C=O) groups is 2. The van der Waals surface area contributed by atoms with E-state index in [1.54, 1.807) is 53.9 Å². The minimum Gasteiger partial charge on any atom is -0.491 e. The van der Waals surface area contributed by atoms with Crippen molar-refractivity contribution in [2.75, 3.05) is 13.7 Å². The molecule has 2 rings (SSSR count). The molecule has 0 saturated carbocycles. The Kier molecular flexibility index (Phi) is 6.19. The highest BCUT2D eigenvalue weighted by Gasteiger charge is 2.29. The molecule has 1 heterocycles. The number of rotatable bonds is 4. The van der Waals surface area contributed by atoms with Crippen molar-refractivity contribution in [1.82, 2.24) is 15.3 Å². The van der Waals surface area contributed by atoms with Gasteiger partial charge in [-0.3, -0.25) is 14.9 Å². The van der Waals surface area contributed by atoms with E-state index in [2.05, 4.69) is 13.2 Å². The lowest BCUT2D eigenvalue weighted by atomic mass is 10.1. The maximum Gasteiger partial charge on any atom is 0.324 e.